The second kappa shape index (κ2) is 10.2. The minimum atomic E-state index is 0.0970. The van der Waals surface area contributed by atoms with Crippen LogP contribution in [-0.2, 0) is 18.3 Å². The van der Waals surface area contributed by atoms with Crippen molar-refractivity contribution in [1.82, 2.24) is 4.57 Å². The van der Waals surface area contributed by atoms with Gasteiger partial charge in [-0.3, -0.25) is 0 Å². The van der Waals surface area contributed by atoms with Gasteiger partial charge in [-0.15, -0.1) is 0 Å². The predicted molar refractivity (Wildman–Crippen MR) is 104 cm³/mol. The molecule has 1 atom stereocenters. The first-order valence-corrected chi connectivity index (χ1v) is 10.8. The van der Waals surface area contributed by atoms with Crippen LogP contribution in [0.15, 0.2) is 79.4 Å². The first-order chi connectivity index (χ1) is 12.8. The Balaban J connectivity index is 1.51. The molecule has 0 aliphatic heterocycles. The molecular formula is C21H25N2O2Se+. The van der Waals surface area contributed by atoms with Crippen LogP contribution in [0.4, 0.5) is 0 Å². The van der Waals surface area contributed by atoms with E-state index in [1.54, 1.807) is 0 Å². The fourth-order valence-corrected chi connectivity index (χ4v) is 4.45. The number of hydrogen-bond acceptors (Lipinski definition) is 2. The van der Waals surface area contributed by atoms with Crippen LogP contribution in [0.2, 0.25) is 5.32 Å². The third-order valence-corrected chi connectivity index (χ3v) is 6.29. The molecule has 136 valence electrons. The van der Waals surface area contributed by atoms with Crippen molar-refractivity contribution in [3.05, 3.63) is 79.4 Å². The molecule has 3 aromatic rings. The molecule has 0 saturated carbocycles. The summed E-state index contributed by atoms with van der Waals surface area (Å²) in [7, 11) is 2.02. The topological polar surface area (TPSA) is 27.3 Å². The Kier molecular flexibility index (Phi) is 7.32. The molecule has 0 aliphatic rings. The van der Waals surface area contributed by atoms with Crippen LogP contribution >= 0.6 is 0 Å². The molecule has 1 unspecified atom stereocenters. The van der Waals surface area contributed by atoms with E-state index in [4.69, 9.17) is 9.47 Å². The molecule has 0 bridgehead atoms. The Morgan fingerprint density at radius 3 is 2.46 bits per heavy atom. The van der Waals surface area contributed by atoms with Gasteiger partial charge in [-0.2, -0.15) is 0 Å². The van der Waals surface area contributed by atoms with Gasteiger partial charge in [-0.05, 0) is 0 Å². The van der Waals surface area contributed by atoms with Crippen molar-refractivity contribution in [2.24, 2.45) is 7.05 Å². The maximum atomic E-state index is 6.16. The van der Waals surface area contributed by atoms with E-state index >= 15 is 0 Å². The van der Waals surface area contributed by atoms with Gasteiger partial charge >= 0.3 is 161 Å². The summed E-state index contributed by atoms with van der Waals surface area (Å²) in [4.78, 5) is 0. The molecule has 3 rings (SSSR count). The number of para-hydroxylation sites is 1. The quantitative estimate of drug-likeness (QED) is 0.375. The van der Waals surface area contributed by atoms with Gasteiger partial charge in [0.15, 0.2) is 0 Å². The summed E-state index contributed by atoms with van der Waals surface area (Å²) in [6, 6.07) is 20.6. The zero-order valence-corrected chi connectivity index (χ0v) is 16.7. The first kappa shape index (κ1) is 18.7. The van der Waals surface area contributed by atoms with E-state index in [0.717, 1.165) is 17.6 Å². The summed E-state index contributed by atoms with van der Waals surface area (Å²) < 4.78 is 17.7. The van der Waals surface area contributed by atoms with E-state index in [2.05, 4.69) is 47.4 Å². The molecule has 0 aliphatic carbocycles. The van der Waals surface area contributed by atoms with Gasteiger partial charge < -0.3 is 0 Å². The third kappa shape index (κ3) is 6.34. The van der Waals surface area contributed by atoms with Crippen LogP contribution in [0.5, 0.6) is 5.75 Å². The molecule has 4 nitrogen and oxygen atoms in total. The van der Waals surface area contributed by atoms with E-state index < -0.39 is 0 Å². The SMILES string of the molecule is C[n+]1ccn(CCOC(COc2ccccc2)C[Se]c2ccccc2)c1. The van der Waals surface area contributed by atoms with Gasteiger partial charge in [0, 0.05) is 0 Å². The predicted octanol–water partition coefficient (Wildman–Crippen LogP) is 2.22. The van der Waals surface area contributed by atoms with Gasteiger partial charge in [0.2, 0.25) is 0 Å². The van der Waals surface area contributed by atoms with E-state index in [1.165, 1.54) is 4.46 Å². The van der Waals surface area contributed by atoms with E-state index in [-0.39, 0.29) is 6.10 Å². The number of imidazole rings is 1. The summed E-state index contributed by atoms with van der Waals surface area (Å²) in [6.45, 7) is 2.11. The molecule has 0 saturated heterocycles. The zero-order chi connectivity index (χ0) is 18.0. The second-order valence-electron chi connectivity index (χ2n) is 6.06. The molecule has 2 aromatic carbocycles. The van der Waals surface area contributed by atoms with E-state index in [9.17, 15) is 0 Å². The Hall–Kier alpha value is -2.07. The van der Waals surface area contributed by atoms with Crippen molar-refractivity contribution >= 4 is 19.4 Å². The Morgan fingerprint density at radius 2 is 1.77 bits per heavy atom. The second-order valence-corrected chi connectivity index (χ2v) is 8.35. The number of benzene rings is 2. The standard InChI is InChI=1S/C21H25N2O2Se/c1-22-12-13-23(18-22)14-15-24-20(16-25-19-8-4-2-5-9-19)17-26-21-10-6-3-7-11-21/h2-13,18,20H,14-17H2,1H3/q+1. The summed E-state index contributed by atoms with van der Waals surface area (Å²) in [6.07, 6.45) is 6.26. The number of nitrogens with zero attached hydrogens (tertiary/aromatic N) is 2. The van der Waals surface area contributed by atoms with Crippen molar-refractivity contribution in [1.29, 1.82) is 0 Å². The summed E-state index contributed by atoms with van der Waals surface area (Å²) in [5, 5.41) is 1.00. The average Bonchev–Trinajstić information content (AvgIpc) is 3.10. The molecule has 0 spiro atoms. The zero-order valence-electron chi connectivity index (χ0n) is 15.0. The van der Waals surface area contributed by atoms with E-state index in [1.807, 2.05) is 48.1 Å². The molecule has 0 radical (unpaired) electrons. The van der Waals surface area contributed by atoms with Crippen molar-refractivity contribution < 1.29 is 14.0 Å². The molecule has 0 amide bonds. The molecular weight excluding hydrogens is 391 g/mol. The van der Waals surface area contributed by atoms with Crippen LogP contribution in [0, 0.1) is 0 Å². The number of aryl methyl sites for hydroxylation is 1. The van der Waals surface area contributed by atoms with E-state index in [0.29, 0.717) is 28.2 Å². The Labute approximate surface area is 161 Å². The van der Waals surface area contributed by atoms with Crippen LogP contribution < -0.4 is 13.8 Å². The maximum absolute atomic E-state index is 6.16. The Bertz CT molecular complexity index is 718. The average molecular weight is 416 g/mol. The number of aromatic nitrogens is 2. The molecule has 1 heterocycles. The fourth-order valence-electron chi connectivity index (χ4n) is 2.51. The monoisotopic (exact) mass is 417 g/mol. The van der Waals surface area contributed by atoms with Gasteiger partial charge in [-0.25, -0.2) is 0 Å². The molecule has 0 N–H and O–H groups in total. The van der Waals surface area contributed by atoms with Gasteiger partial charge in [0.05, 0.1) is 0 Å². The van der Waals surface area contributed by atoms with Gasteiger partial charge in [0.25, 0.3) is 0 Å². The molecule has 1 aromatic heterocycles. The van der Waals surface area contributed by atoms with Crippen molar-refractivity contribution in [3.8, 4) is 5.75 Å². The summed E-state index contributed by atoms with van der Waals surface area (Å²) in [5.41, 5.74) is 0. The fraction of sp³-hybridized carbons (Fsp3) is 0.286. The van der Waals surface area contributed by atoms with Crippen LogP contribution in [0.25, 0.3) is 0 Å². The van der Waals surface area contributed by atoms with Crippen molar-refractivity contribution in [3.63, 3.8) is 0 Å². The Morgan fingerprint density at radius 1 is 1.04 bits per heavy atom. The van der Waals surface area contributed by atoms with Gasteiger partial charge in [-0.1, -0.05) is 0 Å². The number of hydrogen-bond donors (Lipinski definition) is 0. The molecule has 0 fully saturated rings. The van der Waals surface area contributed by atoms with Crippen LogP contribution in [-0.4, -0.2) is 38.8 Å². The first-order valence-electron chi connectivity index (χ1n) is 8.78. The normalized spacial score (nSPS) is 12.0. The number of ether oxygens (including phenoxy) is 2. The number of rotatable bonds is 10. The summed E-state index contributed by atoms with van der Waals surface area (Å²) in [5.74, 6) is 0.894. The third-order valence-electron chi connectivity index (χ3n) is 3.88. The summed E-state index contributed by atoms with van der Waals surface area (Å²) >= 11 is 0.381. The van der Waals surface area contributed by atoms with Crippen molar-refractivity contribution in [2.75, 3.05) is 13.2 Å². The molecule has 26 heavy (non-hydrogen) atoms. The van der Waals surface area contributed by atoms with Crippen LogP contribution in [0.3, 0.4) is 0 Å². The van der Waals surface area contributed by atoms with Gasteiger partial charge in [0.1, 0.15) is 0 Å². The molecule has 5 heteroatoms. The van der Waals surface area contributed by atoms with Crippen LogP contribution in [0.1, 0.15) is 0 Å². The minimum absolute atomic E-state index is 0.0970. The van der Waals surface area contributed by atoms with Crippen molar-refractivity contribution in [2.45, 2.75) is 18.0 Å².